The number of carbonyl (C=O) groups excluding carboxylic acids is 1. The number of rotatable bonds is 2. The maximum absolute atomic E-state index is 12.4. The summed E-state index contributed by atoms with van der Waals surface area (Å²) in [7, 11) is 1.57. The highest BCUT2D eigenvalue weighted by molar-refractivity contribution is 6.02. The molecule has 1 aliphatic rings. The van der Waals surface area contributed by atoms with Gasteiger partial charge in [0, 0.05) is 18.6 Å². The molecule has 0 bridgehead atoms. The maximum atomic E-state index is 12.4. The van der Waals surface area contributed by atoms with Crippen LogP contribution in [0.25, 0.3) is 10.9 Å². The van der Waals surface area contributed by atoms with Crippen molar-refractivity contribution in [3.05, 3.63) is 64.6 Å². The van der Waals surface area contributed by atoms with Crippen LogP contribution in [0.2, 0.25) is 0 Å². The van der Waals surface area contributed by atoms with Crippen molar-refractivity contribution in [3.8, 4) is 5.75 Å². The second kappa shape index (κ2) is 5.40. The first kappa shape index (κ1) is 13.9. The number of allylic oxidation sites excluding steroid dienone is 2. The molecule has 1 aliphatic heterocycles. The summed E-state index contributed by atoms with van der Waals surface area (Å²) in [4.78, 5) is 24.7. The van der Waals surface area contributed by atoms with E-state index < -0.39 is 11.5 Å². The molecule has 0 radical (unpaired) electrons. The zero-order chi connectivity index (χ0) is 15.7. The van der Waals surface area contributed by atoms with Gasteiger partial charge in [0.2, 0.25) is 0 Å². The Hall–Kier alpha value is -3.02. The number of aromatic nitrogens is 1. The lowest BCUT2D eigenvalue weighted by atomic mass is 10.1. The van der Waals surface area contributed by atoms with E-state index in [1.165, 1.54) is 9.58 Å². The Morgan fingerprint density at radius 1 is 1.27 bits per heavy atom. The van der Waals surface area contributed by atoms with Gasteiger partial charge in [-0.15, -0.1) is 0 Å². The number of hydrogen-bond donors (Lipinski definition) is 2. The third-order valence-electron chi connectivity index (χ3n) is 3.56. The van der Waals surface area contributed by atoms with Crippen molar-refractivity contribution in [1.29, 1.82) is 0 Å². The van der Waals surface area contributed by atoms with Crippen LogP contribution in [0.1, 0.15) is 10.4 Å². The van der Waals surface area contributed by atoms with Crippen LogP contribution in [-0.2, 0) is 7.05 Å². The second-order valence-corrected chi connectivity index (χ2v) is 4.97. The lowest BCUT2D eigenvalue weighted by molar-refractivity contribution is 0.0856. The Balaban J connectivity index is 2.06. The highest BCUT2D eigenvalue weighted by Crippen LogP contribution is 2.25. The third kappa shape index (κ3) is 2.24. The molecule has 22 heavy (non-hydrogen) atoms. The summed E-state index contributed by atoms with van der Waals surface area (Å²) in [5.74, 6) is -0.934. The first-order valence-corrected chi connectivity index (χ1v) is 6.81. The van der Waals surface area contributed by atoms with Gasteiger partial charge in [0.15, 0.2) is 0 Å². The molecule has 1 aromatic carbocycles. The van der Waals surface area contributed by atoms with E-state index >= 15 is 0 Å². The van der Waals surface area contributed by atoms with Crippen LogP contribution < -0.4 is 11.0 Å². The number of nitrogens with one attached hydrogen (secondary N) is 1. The molecule has 3 rings (SSSR count). The molecule has 0 unspecified atom stereocenters. The molecule has 0 saturated heterocycles. The zero-order valence-electron chi connectivity index (χ0n) is 12.0. The quantitative estimate of drug-likeness (QED) is 0.875. The predicted molar refractivity (Wildman–Crippen MR) is 83.3 cm³/mol. The molecular weight excluding hydrogens is 282 g/mol. The maximum Gasteiger partial charge on any atom is 0.279 e. The minimum absolute atomic E-state index is 0.260. The SMILES string of the molecule is Cn1c(=O)c(C(=O)NN2C=CC=CC2)c(O)c2ccccc21. The zero-order valence-corrected chi connectivity index (χ0v) is 12.0. The van der Waals surface area contributed by atoms with E-state index in [4.69, 9.17) is 0 Å². The molecule has 0 saturated carbocycles. The van der Waals surface area contributed by atoms with E-state index in [0.717, 1.165) is 0 Å². The van der Waals surface area contributed by atoms with Gasteiger partial charge in [-0.25, -0.2) is 0 Å². The number of aromatic hydroxyl groups is 1. The summed E-state index contributed by atoms with van der Waals surface area (Å²) in [6.07, 6.45) is 7.16. The van der Waals surface area contributed by atoms with Crippen molar-refractivity contribution in [2.75, 3.05) is 6.54 Å². The van der Waals surface area contributed by atoms with Gasteiger partial charge in [-0.3, -0.25) is 20.0 Å². The molecule has 2 heterocycles. The largest absolute Gasteiger partial charge is 0.506 e. The molecule has 0 atom stereocenters. The fourth-order valence-electron chi connectivity index (χ4n) is 2.42. The Kier molecular flexibility index (Phi) is 3.42. The normalized spacial score (nSPS) is 13.6. The average Bonchev–Trinajstić information content (AvgIpc) is 2.54. The molecular formula is C16H15N3O3. The number of amides is 1. The van der Waals surface area contributed by atoms with Crippen molar-refractivity contribution in [2.45, 2.75) is 0 Å². The monoisotopic (exact) mass is 297 g/mol. The first-order chi connectivity index (χ1) is 10.6. The van der Waals surface area contributed by atoms with Crippen molar-refractivity contribution in [1.82, 2.24) is 15.0 Å². The summed E-state index contributed by atoms with van der Waals surface area (Å²) in [5, 5.41) is 12.3. The number of nitrogens with zero attached hydrogens (tertiary/aromatic N) is 2. The average molecular weight is 297 g/mol. The Morgan fingerprint density at radius 2 is 2.05 bits per heavy atom. The molecule has 0 spiro atoms. The van der Waals surface area contributed by atoms with E-state index in [1.54, 1.807) is 43.6 Å². The number of aryl methyl sites for hydroxylation is 1. The Labute approximate surface area is 126 Å². The van der Waals surface area contributed by atoms with Gasteiger partial charge < -0.3 is 9.67 Å². The summed E-state index contributed by atoms with van der Waals surface area (Å²) in [5.41, 5.74) is 2.37. The molecule has 2 N–H and O–H groups in total. The van der Waals surface area contributed by atoms with E-state index in [0.29, 0.717) is 17.4 Å². The number of benzene rings is 1. The van der Waals surface area contributed by atoms with Gasteiger partial charge in [-0.1, -0.05) is 24.3 Å². The molecule has 6 nitrogen and oxygen atoms in total. The Bertz CT molecular complexity index is 865. The molecule has 112 valence electrons. The molecule has 1 amide bonds. The van der Waals surface area contributed by atoms with Crippen molar-refractivity contribution in [2.24, 2.45) is 7.05 Å². The molecule has 0 aliphatic carbocycles. The van der Waals surface area contributed by atoms with Crippen LogP contribution in [-0.4, -0.2) is 27.1 Å². The highest BCUT2D eigenvalue weighted by Gasteiger charge is 2.21. The highest BCUT2D eigenvalue weighted by atomic mass is 16.3. The molecule has 1 aromatic heterocycles. The standard InChI is InChI=1S/C16H15N3O3/c1-18-12-8-4-3-7-11(12)14(20)13(16(18)22)15(21)17-19-9-5-2-6-10-19/h2-9,20H,10H2,1H3,(H,17,21). The summed E-state index contributed by atoms with van der Waals surface area (Å²) in [6.45, 7) is 0.497. The topological polar surface area (TPSA) is 74.6 Å². The lowest BCUT2D eigenvalue weighted by Gasteiger charge is -2.21. The van der Waals surface area contributed by atoms with Gasteiger partial charge >= 0.3 is 0 Å². The minimum atomic E-state index is -0.635. The van der Waals surface area contributed by atoms with E-state index in [2.05, 4.69) is 5.43 Å². The third-order valence-corrected chi connectivity index (χ3v) is 3.56. The van der Waals surface area contributed by atoms with Crippen molar-refractivity contribution in [3.63, 3.8) is 0 Å². The van der Waals surface area contributed by atoms with Crippen molar-refractivity contribution < 1.29 is 9.90 Å². The summed E-state index contributed by atoms with van der Waals surface area (Å²) < 4.78 is 1.36. The minimum Gasteiger partial charge on any atom is -0.506 e. The van der Waals surface area contributed by atoms with Gasteiger partial charge in [-0.05, 0) is 18.2 Å². The number of fused-ring (bicyclic) bond motifs is 1. The number of pyridine rings is 1. The van der Waals surface area contributed by atoms with Crippen molar-refractivity contribution >= 4 is 16.8 Å². The molecule has 0 fully saturated rings. The van der Waals surface area contributed by atoms with Crippen LogP contribution >= 0.6 is 0 Å². The van der Waals surface area contributed by atoms with Gasteiger partial charge in [0.1, 0.15) is 11.3 Å². The number of hydrazine groups is 1. The van der Waals surface area contributed by atoms with Crippen LogP contribution in [0, 0.1) is 0 Å². The smallest absolute Gasteiger partial charge is 0.279 e. The van der Waals surface area contributed by atoms with E-state index in [-0.39, 0.29) is 11.3 Å². The molecule has 6 heteroatoms. The van der Waals surface area contributed by atoms with E-state index in [1.807, 2.05) is 12.2 Å². The first-order valence-electron chi connectivity index (χ1n) is 6.81. The van der Waals surface area contributed by atoms with Gasteiger partial charge in [0.25, 0.3) is 11.5 Å². The Morgan fingerprint density at radius 3 is 2.77 bits per heavy atom. The van der Waals surface area contributed by atoms with Gasteiger partial charge in [0.05, 0.1) is 12.1 Å². The predicted octanol–water partition coefficient (Wildman–Crippen LogP) is 1.27. The van der Waals surface area contributed by atoms with Crippen LogP contribution in [0.5, 0.6) is 5.75 Å². The van der Waals surface area contributed by atoms with Gasteiger partial charge in [-0.2, -0.15) is 0 Å². The molecule has 2 aromatic rings. The van der Waals surface area contributed by atoms with E-state index in [9.17, 15) is 14.7 Å². The fraction of sp³-hybridized carbons (Fsp3) is 0.125. The number of hydrogen-bond acceptors (Lipinski definition) is 4. The van der Waals surface area contributed by atoms with Crippen LogP contribution in [0.3, 0.4) is 0 Å². The summed E-state index contributed by atoms with van der Waals surface area (Å²) in [6, 6.07) is 6.90. The van der Waals surface area contributed by atoms with Crippen LogP contribution in [0.4, 0.5) is 0 Å². The number of para-hydroxylation sites is 1. The second-order valence-electron chi connectivity index (χ2n) is 4.97. The van der Waals surface area contributed by atoms with Crippen LogP contribution in [0.15, 0.2) is 53.5 Å². The number of carbonyl (C=O) groups is 1. The fourth-order valence-corrected chi connectivity index (χ4v) is 2.42. The lowest BCUT2D eigenvalue weighted by Crippen LogP contribution is -2.42. The summed E-state index contributed by atoms with van der Waals surface area (Å²) >= 11 is 0.